The Labute approximate surface area is 133 Å². The maximum Gasteiger partial charge on any atom is 0.416 e. The van der Waals surface area contributed by atoms with Crippen LogP contribution in [0.4, 0.5) is 13.2 Å². The molecule has 0 bridgehead atoms. The molecule has 0 radical (unpaired) electrons. The second-order valence-corrected chi connectivity index (χ2v) is 5.38. The van der Waals surface area contributed by atoms with Crippen LogP contribution in [0.2, 0.25) is 0 Å². The van der Waals surface area contributed by atoms with Crippen molar-refractivity contribution in [3.8, 4) is 0 Å². The van der Waals surface area contributed by atoms with E-state index in [4.69, 9.17) is 0 Å². The van der Waals surface area contributed by atoms with Gasteiger partial charge in [0.2, 0.25) is 5.91 Å². The number of alkyl halides is 3. The molecule has 1 aliphatic heterocycles. The molecule has 1 N–H and O–H groups in total. The summed E-state index contributed by atoms with van der Waals surface area (Å²) in [5.74, 6) is 0.0764. The molecule has 0 fully saturated rings. The number of hydrogen-bond acceptors (Lipinski definition) is 2. The average Bonchev–Trinajstić information content (AvgIpc) is 2.99. The summed E-state index contributed by atoms with van der Waals surface area (Å²) in [6.07, 6.45) is 0.431. The van der Waals surface area contributed by atoms with Gasteiger partial charge in [-0.25, -0.2) is 0 Å². The van der Waals surface area contributed by atoms with Crippen molar-refractivity contribution in [2.24, 2.45) is 0 Å². The van der Waals surface area contributed by atoms with Crippen LogP contribution in [-0.4, -0.2) is 23.9 Å². The van der Waals surface area contributed by atoms with Gasteiger partial charge in [-0.3, -0.25) is 4.79 Å². The topological polar surface area (TPSA) is 32.3 Å². The predicted molar refractivity (Wildman–Crippen MR) is 82.4 cm³/mol. The van der Waals surface area contributed by atoms with E-state index in [9.17, 15) is 18.0 Å². The lowest BCUT2D eigenvalue weighted by atomic mass is 10.1. The lowest BCUT2D eigenvalue weighted by molar-refractivity contribution is -0.137. The van der Waals surface area contributed by atoms with Crippen molar-refractivity contribution in [1.29, 1.82) is 0 Å². The second kappa shape index (κ2) is 7.35. The van der Waals surface area contributed by atoms with Crippen LogP contribution in [0.15, 0.2) is 48.7 Å². The lowest BCUT2D eigenvalue weighted by Crippen LogP contribution is -2.30. The van der Waals surface area contributed by atoms with Crippen LogP contribution < -0.4 is 5.32 Å². The van der Waals surface area contributed by atoms with Gasteiger partial charge in [-0.2, -0.15) is 13.2 Å². The Morgan fingerprint density at radius 2 is 2.00 bits per heavy atom. The summed E-state index contributed by atoms with van der Waals surface area (Å²) in [6.45, 7) is 5.09. The highest BCUT2D eigenvalue weighted by atomic mass is 19.4. The zero-order chi connectivity index (χ0) is 16.9. The predicted octanol–water partition coefficient (Wildman–Crippen LogP) is 3.49. The number of nitrogens with zero attached hydrogens (tertiary/aromatic N) is 1. The third-order valence-electron chi connectivity index (χ3n) is 3.64. The summed E-state index contributed by atoms with van der Waals surface area (Å²) in [7, 11) is 0. The highest BCUT2D eigenvalue weighted by Crippen LogP contribution is 2.29. The van der Waals surface area contributed by atoms with Crippen molar-refractivity contribution < 1.29 is 18.0 Å². The summed E-state index contributed by atoms with van der Waals surface area (Å²) in [6, 6.07) is 5.06. The van der Waals surface area contributed by atoms with Gasteiger partial charge in [0.15, 0.2) is 0 Å². The van der Waals surface area contributed by atoms with E-state index in [2.05, 4.69) is 11.9 Å². The van der Waals surface area contributed by atoms with Crippen LogP contribution in [0.3, 0.4) is 0 Å². The van der Waals surface area contributed by atoms with Crippen LogP contribution in [0.25, 0.3) is 0 Å². The maximum absolute atomic E-state index is 12.5. The highest BCUT2D eigenvalue weighted by molar-refractivity contribution is 5.77. The number of hydrogen-bond donors (Lipinski definition) is 1. The first-order valence-corrected chi connectivity index (χ1v) is 7.38. The van der Waals surface area contributed by atoms with E-state index in [0.29, 0.717) is 32.5 Å². The van der Waals surface area contributed by atoms with Crippen molar-refractivity contribution in [3.05, 3.63) is 59.8 Å². The van der Waals surface area contributed by atoms with Gasteiger partial charge in [0, 0.05) is 25.2 Å². The Bertz CT molecular complexity index is 591. The van der Waals surface area contributed by atoms with E-state index in [-0.39, 0.29) is 5.91 Å². The molecule has 1 amide bonds. The van der Waals surface area contributed by atoms with Gasteiger partial charge in [0.05, 0.1) is 12.1 Å². The van der Waals surface area contributed by atoms with E-state index in [0.717, 1.165) is 23.4 Å². The first-order chi connectivity index (χ1) is 10.9. The summed E-state index contributed by atoms with van der Waals surface area (Å²) < 4.78 is 37.5. The molecule has 3 nitrogen and oxygen atoms in total. The molecule has 1 aliphatic rings. The molecule has 0 saturated heterocycles. The fraction of sp³-hybridized carbons (Fsp3) is 0.353. The number of nitrogens with one attached hydrogen (secondary N) is 1. The third-order valence-corrected chi connectivity index (χ3v) is 3.64. The van der Waals surface area contributed by atoms with Crippen LogP contribution in [-0.2, 0) is 17.5 Å². The third kappa shape index (κ3) is 4.87. The van der Waals surface area contributed by atoms with Crippen molar-refractivity contribution in [1.82, 2.24) is 10.2 Å². The van der Waals surface area contributed by atoms with Gasteiger partial charge in [0.1, 0.15) is 0 Å². The molecule has 1 aromatic carbocycles. The van der Waals surface area contributed by atoms with Gasteiger partial charge < -0.3 is 10.2 Å². The number of benzene rings is 1. The van der Waals surface area contributed by atoms with E-state index < -0.39 is 11.7 Å². The zero-order valence-corrected chi connectivity index (χ0v) is 12.7. The van der Waals surface area contributed by atoms with Crippen molar-refractivity contribution in [2.45, 2.75) is 25.6 Å². The molecule has 0 aromatic heterocycles. The second-order valence-electron chi connectivity index (χ2n) is 5.38. The van der Waals surface area contributed by atoms with Crippen LogP contribution in [0.5, 0.6) is 0 Å². The fourth-order valence-corrected chi connectivity index (χ4v) is 2.28. The fourth-order valence-electron chi connectivity index (χ4n) is 2.28. The normalized spacial score (nSPS) is 14.6. The number of rotatable bonds is 6. The molecular formula is C17H19F3N2O. The minimum Gasteiger partial charge on any atom is -0.383 e. The number of carbonyl (C=O) groups excluding carboxylic acids is 1. The molecule has 2 rings (SSSR count). The molecule has 23 heavy (non-hydrogen) atoms. The molecule has 124 valence electrons. The van der Waals surface area contributed by atoms with Gasteiger partial charge in [-0.15, -0.1) is 6.58 Å². The molecule has 0 unspecified atom stereocenters. The molecular weight excluding hydrogens is 305 g/mol. The number of allylic oxidation sites excluding steroid dienone is 1. The van der Waals surface area contributed by atoms with Crippen molar-refractivity contribution in [2.75, 3.05) is 13.1 Å². The van der Waals surface area contributed by atoms with E-state index in [1.165, 1.54) is 12.1 Å². The monoisotopic (exact) mass is 324 g/mol. The van der Waals surface area contributed by atoms with E-state index in [1.54, 1.807) is 11.0 Å². The summed E-state index contributed by atoms with van der Waals surface area (Å²) in [5.41, 5.74) is 1.02. The zero-order valence-electron chi connectivity index (χ0n) is 12.7. The molecule has 0 spiro atoms. The highest BCUT2D eigenvalue weighted by Gasteiger charge is 2.29. The van der Waals surface area contributed by atoms with Crippen LogP contribution in [0.1, 0.15) is 24.0 Å². The Kier molecular flexibility index (Phi) is 5.47. The van der Waals surface area contributed by atoms with Gasteiger partial charge in [-0.1, -0.05) is 18.2 Å². The number of carbonyl (C=O) groups is 1. The summed E-state index contributed by atoms with van der Waals surface area (Å²) in [5, 5.41) is 3.16. The SMILES string of the molecule is C=CCCC(=O)N1CC=C(NCc2ccc(C(F)(F)F)cc2)C1. The minimum atomic E-state index is -4.31. The number of halogens is 3. The Morgan fingerprint density at radius 1 is 1.30 bits per heavy atom. The lowest BCUT2D eigenvalue weighted by Gasteiger charge is -2.16. The molecule has 1 aromatic rings. The van der Waals surface area contributed by atoms with Crippen LogP contribution in [0, 0.1) is 0 Å². The Morgan fingerprint density at radius 3 is 2.61 bits per heavy atom. The van der Waals surface area contributed by atoms with E-state index >= 15 is 0 Å². The largest absolute Gasteiger partial charge is 0.416 e. The molecule has 0 atom stereocenters. The van der Waals surface area contributed by atoms with E-state index in [1.807, 2.05) is 6.08 Å². The Balaban J connectivity index is 1.81. The van der Waals surface area contributed by atoms with Gasteiger partial charge in [0.25, 0.3) is 0 Å². The molecule has 0 aliphatic carbocycles. The molecule has 6 heteroatoms. The molecule has 0 saturated carbocycles. The summed E-state index contributed by atoms with van der Waals surface area (Å²) in [4.78, 5) is 13.6. The standard InChI is InChI=1S/C17H19F3N2O/c1-2-3-4-16(23)22-10-9-15(12-22)21-11-13-5-7-14(8-6-13)17(18,19)20/h2,5-9,21H,1,3-4,10-12H2. The minimum absolute atomic E-state index is 0.0764. The first-order valence-electron chi connectivity index (χ1n) is 7.38. The summed E-state index contributed by atoms with van der Waals surface area (Å²) >= 11 is 0. The Hall–Kier alpha value is -2.24. The first kappa shape index (κ1) is 17.1. The van der Waals surface area contributed by atoms with Gasteiger partial charge in [-0.05, 0) is 30.2 Å². The smallest absolute Gasteiger partial charge is 0.383 e. The van der Waals surface area contributed by atoms with Crippen LogP contribution >= 0.6 is 0 Å². The van der Waals surface area contributed by atoms with Crippen molar-refractivity contribution >= 4 is 5.91 Å². The van der Waals surface area contributed by atoms with Crippen molar-refractivity contribution in [3.63, 3.8) is 0 Å². The number of amides is 1. The average molecular weight is 324 g/mol. The maximum atomic E-state index is 12.5. The quantitative estimate of drug-likeness (QED) is 0.813. The van der Waals surface area contributed by atoms with Gasteiger partial charge >= 0.3 is 6.18 Å². The molecule has 1 heterocycles.